The monoisotopic (exact) mass is 1780 g/mol. The van der Waals surface area contributed by atoms with Crippen molar-refractivity contribution in [1.29, 1.82) is 0 Å². The van der Waals surface area contributed by atoms with Crippen LogP contribution in [0, 0.1) is 0 Å². The molecule has 2 unspecified atom stereocenters. The Hall–Kier alpha value is -3.92. The van der Waals surface area contributed by atoms with E-state index in [0.29, 0.717) is 44.9 Å². The number of unbranched alkanes of at least 4 members (excludes halogenated alkanes) is 48. The highest BCUT2D eigenvalue weighted by Crippen LogP contribution is 2.43. The van der Waals surface area contributed by atoms with Gasteiger partial charge in [0.2, 0.25) is 11.8 Å². The summed E-state index contributed by atoms with van der Waals surface area (Å²) >= 11 is 0. The number of hydrogen-bond donors (Lipinski definition) is 9. The van der Waals surface area contributed by atoms with Crippen LogP contribution in [0.15, 0.2) is 0 Å². The number of carbonyl (C=O) groups excluding carboxylic acids is 6. The molecule has 2 fully saturated rings. The number of phosphoric ester groups is 1. The lowest BCUT2D eigenvalue weighted by Crippen LogP contribution is -2.68. The van der Waals surface area contributed by atoms with E-state index in [1.165, 1.54) is 71.3 Å². The van der Waals surface area contributed by atoms with Crippen LogP contribution in [0.2, 0.25) is 0 Å². The SMILES string of the molecule is CCCCCCCCCCCC(=O)OC(CCCCCCCCCCC)CC(=O)N[C@H]1[C@H](OC[C@H]2O[C@H](C(=O)O)[C@H](NC(=O)CC(O)CCCCCCCCCCC)[C@@H](OC(=O)C[C@H](O)CCCCCCCCCCC)[C@@H]2O)O[C@H](COC)[C@@H](OP(=O)(O)O)[C@@H]1OC(=O)C[C@H](CCCCCCCCCCC)OC(=O)C[C@H](O)CCCCCCCCCCC. The third-order valence-corrected chi connectivity index (χ3v) is 24.6. The fourth-order valence-corrected chi connectivity index (χ4v) is 17.4. The van der Waals surface area contributed by atoms with Gasteiger partial charge in [0.15, 0.2) is 24.6 Å². The molecular weight excluding hydrogens is 1600 g/mol. The molecule has 9 N–H and O–H groups in total. The highest BCUT2D eigenvalue weighted by atomic mass is 31.2. The van der Waals surface area contributed by atoms with Crippen molar-refractivity contribution >= 4 is 49.5 Å². The van der Waals surface area contributed by atoms with Crippen molar-refractivity contribution in [1.82, 2.24) is 10.6 Å². The van der Waals surface area contributed by atoms with Crippen molar-refractivity contribution < 1.29 is 116 Å². The molecule has 2 rings (SSSR count). The largest absolute Gasteiger partial charge is 0.479 e. The minimum absolute atomic E-state index is 0.0999. The summed E-state index contributed by atoms with van der Waals surface area (Å²) in [5.74, 6) is -6.75. The summed E-state index contributed by atoms with van der Waals surface area (Å²) in [6, 6.07) is -3.67. The summed E-state index contributed by atoms with van der Waals surface area (Å²) in [5, 5.41) is 62.6. The van der Waals surface area contributed by atoms with E-state index in [1.807, 2.05) is 0 Å². The first kappa shape index (κ1) is 115. The fraction of sp³-hybridized carbons (Fsp3) is 0.927. The average Bonchev–Trinajstić information content (AvgIpc) is 0.778. The molecule has 0 aliphatic carbocycles. The molecule has 0 radical (unpaired) electrons. The predicted molar refractivity (Wildman–Crippen MR) is 481 cm³/mol. The maximum atomic E-state index is 15.2. The number of carboxylic acid groups (broad SMARTS) is 1. The summed E-state index contributed by atoms with van der Waals surface area (Å²) in [4.78, 5) is 121. The van der Waals surface area contributed by atoms with Crippen LogP contribution in [0.25, 0.3) is 0 Å². The summed E-state index contributed by atoms with van der Waals surface area (Å²) < 4.78 is 68.1. The second-order valence-electron chi connectivity index (χ2n) is 35.8. The lowest BCUT2D eigenvalue weighted by atomic mass is 9.91. The second kappa shape index (κ2) is 75.9. The van der Waals surface area contributed by atoms with Crippen molar-refractivity contribution in [2.45, 2.75) is 551 Å². The zero-order valence-electron chi connectivity index (χ0n) is 78.1. The van der Waals surface area contributed by atoms with E-state index in [1.54, 1.807) is 0 Å². The van der Waals surface area contributed by atoms with Crippen molar-refractivity contribution in [2.75, 3.05) is 20.3 Å². The van der Waals surface area contributed by atoms with E-state index < -0.39 is 180 Å². The van der Waals surface area contributed by atoms with Gasteiger partial charge in [0.25, 0.3) is 0 Å². The highest BCUT2D eigenvalue weighted by Gasteiger charge is 2.55. The van der Waals surface area contributed by atoms with Gasteiger partial charge < -0.3 is 83.8 Å². The number of esters is 4. The fourth-order valence-electron chi connectivity index (χ4n) is 16.8. The Morgan fingerprint density at radius 1 is 0.358 bits per heavy atom. The maximum Gasteiger partial charge on any atom is 0.470 e. The molecule has 722 valence electrons. The first-order chi connectivity index (χ1) is 59.4. The standard InChI is InChI=1S/C96H179N2O24P/c1-8-14-20-26-32-38-44-50-56-62-75(99)68-82(102)97-88-92(120-86(106)70-77(101)64-58-52-46-40-34-28-22-16-10-3)90(108)80(118-94(88)95(109)110)74-115-96-89(98-83(103)71-78(65-59-53-47-41-35-29-23-17-11-4)116-84(104)67-61-55-49-43-37-31-25-19-13-6)93(91(122-123(111,112)113)81(119-96)73-114-7)121-87(107)72-79(66-60-54-48-42-36-30-24-18-12-5)117-85(105)69-76(100)63-57-51-45-39-33-27-21-15-9-2/h75-81,88-94,96,99-101,108H,8-74H2,1-7H3,(H,97,102)(H,98,103)(H,109,110)(H2,111,112,113)/t75?,76-,77-,78?,79+,80-,81-,88-,89-,90-,91-,92-,93-,94+,96-/m1/s1. The number of phosphoric acid groups is 1. The number of aliphatic hydroxyl groups is 4. The Bertz CT molecular complexity index is 2680. The van der Waals surface area contributed by atoms with Gasteiger partial charge in [-0.05, 0) is 51.4 Å². The van der Waals surface area contributed by atoms with E-state index in [2.05, 4.69) is 52.2 Å². The molecular formula is C96H179N2O24P. The molecule has 0 aromatic heterocycles. The summed E-state index contributed by atoms with van der Waals surface area (Å²) in [7, 11) is -4.39. The van der Waals surface area contributed by atoms with Crippen molar-refractivity contribution in [3.05, 3.63) is 0 Å². The van der Waals surface area contributed by atoms with Crippen LogP contribution in [-0.2, 0) is 80.5 Å². The smallest absolute Gasteiger partial charge is 0.470 e. The Morgan fingerprint density at radius 2 is 0.683 bits per heavy atom. The summed E-state index contributed by atoms with van der Waals surface area (Å²) in [6.07, 6.45) is 32.5. The van der Waals surface area contributed by atoms with Crippen LogP contribution >= 0.6 is 7.82 Å². The average molecular weight is 1780 g/mol. The van der Waals surface area contributed by atoms with E-state index >= 15 is 9.59 Å². The third kappa shape index (κ3) is 59.8. The molecule has 0 spiro atoms. The number of amides is 2. The number of nitrogens with one attached hydrogen (secondary N) is 2. The van der Waals surface area contributed by atoms with Gasteiger partial charge >= 0.3 is 37.7 Å². The molecule has 2 saturated heterocycles. The number of hydrogen-bond acceptors (Lipinski definition) is 21. The molecule has 2 aliphatic heterocycles. The zero-order valence-corrected chi connectivity index (χ0v) is 78.9. The molecule has 0 aromatic rings. The minimum Gasteiger partial charge on any atom is -0.479 e. The van der Waals surface area contributed by atoms with Gasteiger partial charge in [0.1, 0.15) is 48.7 Å². The van der Waals surface area contributed by atoms with E-state index in [9.17, 15) is 63.9 Å². The Morgan fingerprint density at radius 3 is 1.07 bits per heavy atom. The van der Waals surface area contributed by atoms with E-state index in [0.717, 1.165) is 244 Å². The van der Waals surface area contributed by atoms with Crippen molar-refractivity contribution in [3.8, 4) is 0 Å². The second-order valence-corrected chi connectivity index (χ2v) is 37.0. The molecule has 2 amide bonds. The first-order valence-corrected chi connectivity index (χ1v) is 51.4. The van der Waals surface area contributed by atoms with Crippen LogP contribution in [0.1, 0.15) is 459 Å². The maximum absolute atomic E-state index is 15.2. The summed E-state index contributed by atoms with van der Waals surface area (Å²) in [5.41, 5.74) is 0. The van der Waals surface area contributed by atoms with Gasteiger partial charge in [-0.1, -0.05) is 369 Å². The molecule has 15 atom stereocenters. The number of methoxy groups -OCH3 is 1. The molecule has 2 heterocycles. The third-order valence-electron chi connectivity index (χ3n) is 24.1. The van der Waals surface area contributed by atoms with Gasteiger partial charge in [-0.3, -0.25) is 33.3 Å². The van der Waals surface area contributed by atoms with Gasteiger partial charge in [-0.2, -0.15) is 0 Å². The van der Waals surface area contributed by atoms with Crippen molar-refractivity contribution in [3.63, 3.8) is 0 Å². The van der Waals surface area contributed by atoms with Gasteiger partial charge in [-0.15, -0.1) is 0 Å². The van der Waals surface area contributed by atoms with E-state index in [-0.39, 0.29) is 38.5 Å². The minimum atomic E-state index is -5.64. The predicted octanol–water partition coefficient (Wildman–Crippen LogP) is 20.2. The molecule has 27 heteroatoms. The lowest BCUT2D eigenvalue weighted by Gasteiger charge is -2.47. The normalized spacial score (nSPS) is 20.5. The quantitative estimate of drug-likeness (QED) is 0.0118. The van der Waals surface area contributed by atoms with Gasteiger partial charge in [0.05, 0.1) is 63.6 Å². The number of ether oxygens (including phenoxy) is 8. The molecule has 0 aromatic carbocycles. The zero-order chi connectivity index (χ0) is 90.4. The Balaban J connectivity index is 2.84. The van der Waals surface area contributed by atoms with Crippen LogP contribution < -0.4 is 10.6 Å². The lowest BCUT2D eigenvalue weighted by molar-refractivity contribution is -0.286. The number of aliphatic hydroxyl groups excluding tert-OH is 4. The number of carboxylic acids is 1. The molecule has 2 aliphatic rings. The molecule has 0 bridgehead atoms. The van der Waals surface area contributed by atoms with Crippen LogP contribution in [0.4, 0.5) is 0 Å². The number of aliphatic carboxylic acids is 1. The number of rotatable bonds is 84. The molecule has 26 nitrogen and oxygen atoms in total. The van der Waals surface area contributed by atoms with Crippen LogP contribution in [-0.4, -0.2) is 189 Å². The molecule has 0 saturated carbocycles. The summed E-state index contributed by atoms with van der Waals surface area (Å²) in [6.45, 7) is 11.6. The van der Waals surface area contributed by atoms with Gasteiger partial charge in [-0.25, -0.2) is 9.36 Å². The van der Waals surface area contributed by atoms with E-state index in [4.69, 9.17) is 42.4 Å². The Kier molecular flexibility index (Phi) is 71.0. The first-order valence-electron chi connectivity index (χ1n) is 49.9. The van der Waals surface area contributed by atoms with Crippen LogP contribution in [0.3, 0.4) is 0 Å². The Labute approximate surface area is 743 Å². The molecule has 123 heavy (non-hydrogen) atoms. The van der Waals surface area contributed by atoms with Crippen molar-refractivity contribution in [2.24, 2.45) is 0 Å². The van der Waals surface area contributed by atoms with Crippen LogP contribution in [0.5, 0.6) is 0 Å². The number of carbonyl (C=O) groups is 7. The highest BCUT2D eigenvalue weighted by molar-refractivity contribution is 7.46. The topological polar surface area (TPSA) is 385 Å². The van der Waals surface area contributed by atoms with Gasteiger partial charge in [0, 0.05) is 13.5 Å².